The van der Waals surface area contributed by atoms with Gasteiger partial charge in [0.05, 0.1) is 7.11 Å². The van der Waals surface area contributed by atoms with Crippen LogP contribution >= 0.6 is 11.8 Å². The van der Waals surface area contributed by atoms with E-state index in [2.05, 4.69) is 10.2 Å². The maximum absolute atomic E-state index is 14.0. The molecule has 7 heteroatoms. The molecule has 0 spiro atoms. The lowest BCUT2D eigenvalue weighted by atomic mass is 10.2. The number of ether oxygens (including phenoxy) is 2. The van der Waals surface area contributed by atoms with E-state index in [9.17, 15) is 4.39 Å². The number of hydrogen-bond acceptors (Lipinski definition) is 5. The molecular formula is C23H20FN3O2S. The van der Waals surface area contributed by atoms with Gasteiger partial charge in [0.25, 0.3) is 0 Å². The highest BCUT2D eigenvalue weighted by Crippen LogP contribution is 2.27. The van der Waals surface area contributed by atoms with E-state index >= 15 is 0 Å². The third-order valence-electron chi connectivity index (χ3n) is 4.46. The van der Waals surface area contributed by atoms with Gasteiger partial charge in [-0.3, -0.25) is 4.57 Å². The van der Waals surface area contributed by atoms with E-state index < -0.39 is 0 Å². The largest absolute Gasteiger partial charge is 0.497 e. The van der Waals surface area contributed by atoms with Gasteiger partial charge in [-0.15, -0.1) is 10.2 Å². The molecule has 0 aliphatic rings. The fourth-order valence-electron chi connectivity index (χ4n) is 2.90. The number of para-hydroxylation sites is 1. The molecule has 0 bridgehead atoms. The fourth-order valence-corrected chi connectivity index (χ4v) is 3.86. The molecule has 0 fully saturated rings. The van der Waals surface area contributed by atoms with Crippen LogP contribution in [0.15, 0.2) is 84.0 Å². The van der Waals surface area contributed by atoms with E-state index in [4.69, 9.17) is 9.47 Å². The highest BCUT2D eigenvalue weighted by Gasteiger charge is 2.16. The van der Waals surface area contributed by atoms with Gasteiger partial charge in [-0.25, -0.2) is 4.39 Å². The van der Waals surface area contributed by atoms with E-state index in [1.165, 1.54) is 17.8 Å². The molecule has 0 N–H and O–H groups in total. The summed E-state index contributed by atoms with van der Waals surface area (Å²) in [5.41, 5.74) is 1.55. The SMILES string of the molecule is COc1ccc(OCc2nnc(SCc3ccccc3F)n2-c2ccccc2)cc1. The smallest absolute Gasteiger partial charge is 0.196 e. The van der Waals surface area contributed by atoms with Crippen molar-refractivity contribution in [3.63, 3.8) is 0 Å². The van der Waals surface area contributed by atoms with Crippen LogP contribution in [-0.2, 0) is 12.4 Å². The number of halogens is 1. The molecule has 0 unspecified atom stereocenters. The van der Waals surface area contributed by atoms with Crippen molar-refractivity contribution in [3.8, 4) is 17.2 Å². The summed E-state index contributed by atoms with van der Waals surface area (Å²) in [4.78, 5) is 0. The summed E-state index contributed by atoms with van der Waals surface area (Å²) in [6.07, 6.45) is 0. The zero-order chi connectivity index (χ0) is 20.8. The fraction of sp³-hybridized carbons (Fsp3) is 0.130. The second kappa shape index (κ2) is 9.45. The number of methoxy groups -OCH3 is 1. The predicted molar refractivity (Wildman–Crippen MR) is 115 cm³/mol. The summed E-state index contributed by atoms with van der Waals surface area (Å²) in [5, 5.41) is 9.33. The molecule has 0 aliphatic carbocycles. The summed E-state index contributed by atoms with van der Waals surface area (Å²) >= 11 is 1.43. The summed E-state index contributed by atoms with van der Waals surface area (Å²) < 4.78 is 27.0. The lowest BCUT2D eigenvalue weighted by Gasteiger charge is -2.11. The average molecular weight is 421 g/mol. The Balaban J connectivity index is 1.56. The Hall–Kier alpha value is -3.32. The summed E-state index contributed by atoms with van der Waals surface area (Å²) in [7, 11) is 1.62. The summed E-state index contributed by atoms with van der Waals surface area (Å²) in [5.74, 6) is 2.37. The highest BCUT2D eigenvalue weighted by molar-refractivity contribution is 7.98. The first-order valence-corrected chi connectivity index (χ1v) is 10.4. The van der Waals surface area contributed by atoms with Crippen LogP contribution in [0.25, 0.3) is 5.69 Å². The van der Waals surface area contributed by atoms with E-state index in [1.807, 2.05) is 65.2 Å². The van der Waals surface area contributed by atoms with Crippen molar-refractivity contribution >= 4 is 11.8 Å². The van der Waals surface area contributed by atoms with Crippen molar-refractivity contribution in [1.82, 2.24) is 14.8 Å². The number of hydrogen-bond donors (Lipinski definition) is 0. The van der Waals surface area contributed by atoms with Gasteiger partial charge in [-0.2, -0.15) is 0 Å². The highest BCUT2D eigenvalue weighted by atomic mass is 32.2. The number of benzene rings is 3. The third kappa shape index (κ3) is 4.63. The van der Waals surface area contributed by atoms with Crippen LogP contribution in [0.4, 0.5) is 4.39 Å². The summed E-state index contributed by atoms with van der Waals surface area (Å²) in [6.45, 7) is 0.245. The maximum Gasteiger partial charge on any atom is 0.196 e. The maximum atomic E-state index is 14.0. The normalized spacial score (nSPS) is 10.7. The van der Waals surface area contributed by atoms with Crippen LogP contribution in [0.5, 0.6) is 11.5 Å². The van der Waals surface area contributed by atoms with Gasteiger partial charge in [0.2, 0.25) is 0 Å². The van der Waals surface area contributed by atoms with Gasteiger partial charge in [0, 0.05) is 11.4 Å². The minimum Gasteiger partial charge on any atom is -0.497 e. The van der Waals surface area contributed by atoms with Gasteiger partial charge in [-0.05, 0) is 48.0 Å². The van der Waals surface area contributed by atoms with Crippen LogP contribution in [0.1, 0.15) is 11.4 Å². The van der Waals surface area contributed by atoms with Crippen LogP contribution in [0.3, 0.4) is 0 Å². The Bertz CT molecular complexity index is 1100. The van der Waals surface area contributed by atoms with Gasteiger partial charge < -0.3 is 9.47 Å². The molecule has 0 saturated heterocycles. The van der Waals surface area contributed by atoms with Crippen molar-refractivity contribution in [3.05, 3.63) is 96.1 Å². The van der Waals surface area contributed by atoms with E-state index in [0.717, 1.165) is 11.4 Å². The minimum absolute atomic E-state index is 0.223. The van der Waals surface area contributed by atoms with Crippen molar-refractivity contribution in [2.24, 2.45) is 0 Å². The van der Waals surface area contributed by atoms with Crippen molar-refractivity contribution < 1.29 is 13.9 Å². The number of aromatic nitrogens is 3. The van der Waals surface area contributed by atoms with E-state index in [0.29, 0.717) is 28.0 Å². The average Bonchev–Trinajstić information content (AvgIpc) is 3.21. The molecule has 30 heavy (non-hydrogen) atoms. The molecule has 0 amide bonds. The molecule has 1 aromatic heterocycles. The van der Waals surface area contributed by atoms with E-state index in [-0.39, 0.29) is 12.4 Å². The molecule has 0 aliphatic heterocycles. The molecule has 3 aromatic carbocycles. The summed E-state index contributed by atoms with van der Waals surface area (Å²) in [6, 6.07) is 23.9. The van der Waals surface area contributed by atoms with Gasteiger partial charge in [0.1, 0.15) is 23.9 Å². The number of nitrogens with zero attached hydrogens (tertiary/aromatic N) is 3. The first-order chi connectivity index (χ1) is 14.7. The Kier molecular flexibility index (Phi) is 6.29. The number of thioether (sulfide) groups is 1. The first-order valence-electron chi connectivity index (χ1n) is 9.37. The Labute approximate surface area is 178 Å². The van der Waals surface area contributed by atoms with Crippen molar-refractivity contribution in [2.75, 3.05) is 7.11 Å². The van der Waals surface area contributed by atoms with Gasteiger partial charge in [-0.1, -0.05) is 48.2 Å². The van der Waals surface area contributed by atoms with Crippen LogP contribution in [0, 0.1) is 5.82 Å². The first kappa shape index (κ1) is 20.0. The second-order valence-corrected chi connectivity index (χ2v) is 7.36. The molecule has 0 atom stereocenters. The predicted octanol–water partition coefficient (Wildman–Crippen LogP) is 5.29. The molecule has 0 radical (unpaired) electrons. The Morgan fingerprint density at radius 2 is 1.57 bits per heavy atom. The monoisotopic (exact) mass is 421 g/mol. The quantitative estimate of drug-likeness (QED) is 0.362. The second-order valence-electron chi connectivity index (χ2n) is 6.41. The third-order valence-corrected chi connectivity index (χ3v) is 5.43. The lowest BCUT2D eigenvalue weighted by Crippen LogP contribution is -2.06. The van der Waals surface area contributed by atoms with E-state index in [1.54, 1.807) is 19.2 Å². The molecular weight excluding hydrogens is 401 g/mol. The van der Waals surface area contributed by atoms with Gasteiger partial charge in [0.15, 0.2) is 11.0 Å². The minimum atomic E-state index is -0.223. The number of rotatable bonds is 8. The Morgan fingerprint density at radius 1 is 0.867 bits per heavy atom. The molecule has 5 nitrogen and oxygen atoms in total. The van der Waals surface area contributed by atoms with Crippen LogP contribution in [-0.4, -0.2) is 21.9 Å². The zero-order valence-corrected chi connectivity index (χ0v) is 17.2. The molecule has 0 saturated carbocycles. The van der Waals surface area contributed by atoms with Crippen LogP contribution < -0.4 is 9.47 Å². The zero-order valence-electron chi connectivity index (χ0n) is 16.4. The van der Waals surface area contributed by atoms with Gasteiger partial charge >= 0.3 is 0 Å². The molecule has 1 heterocycles. The standard InChI is InChI=1S/C23H20FN3O2S/c1-28-19-11-13-20(14-12-19)29-15-22-25-26-23(27(22)18-8-3-2-4-9-18)30-16-17-7-5-6-10-21(17)24/h2-14H,15-16H2,1H3. The molecule has 4 aromatic rings. The van der Waals surface area contributed by atoms with Crippen molar-refractivity contribution in [2.45, 2.75) is 17.5 Å². The molecule has 152 valence electrons. The Morgan fingerprint density at radius 3 is 2.30 bits per heavy atom. The van der Waals surface area contributed by atoms with Crippen molar-refractivity contribution in [1.29, 1.82) is 0 Å². The van der Waals surface area contributed by atoms with Crippen LogP contribution in [0.2, 0.25) is 0 Å². The topological polar surface area (TPSA) is 49.2 Å². The molecule has 4 rings (SSSR count). The lowest BCUT2D eigenvalue weighted by molar-refractivity contribution is 0.292.